The number of hydrogen-bond donors (Lipinski definition) is 1. The summed E-state index contributed by atoms with van der Waals surface area (Å²) in [6.07, 6.45) is 3.90. The van der Waals surface area contributed by atoms with E-state index in [0.717, 1.165) is 19.6 Å². The number of rotatable bonds is 6. The van der Waals surface area contributed by atoms with Gasteiger partial charge >= 0.3 is 0 Å². The van der Waals surface area contributed by atoms with Crippen molar-refractivity contribution in [1.29, 1.82) is 0 Å². The number of piperidine rings is 1. The first kappa shape index (κ1) is 13.9. The van der Waals surface area contributed by atoms with E-state index in [1.807, 2.05) is 6.92 Å². The molecule has 3 heteroatoms. The summed E-state index contributed by atoms with van der Waals surface area (Å²) in [6, 6.07) is 0.527. The zero-order valence-electron chi connectivity index (χ0n) is 11.2. The van der Waals surface area contributed by atoms with E-state index in [-0.39, 0.29) is 6.10 Å². The molecule has 1 N–H and O–H groups in total. The van der Waals surface area contributed by atoms with E-state index in [1.165, 1.54) is 32.4 Å². The Bertz CT molecular complexity index is 177. The van der Waals surface area contributed by atoms with Crippen molar-refractivity contribution in [2.75, 3.05) is 32.7 Å². The fraction of sp³-hybridized carbons (Fsp3) is 1.00. The zero-order chi connectivity index (χ0) is 12.0. The Balaban J connectivity index is 2.25. The van der Waals surface area contributed by atoms with Gasteiger partial charge in [-0.15, -0.1) is 0 Å². The first-order valence-corrected chi connectivity index (χ1v) is 6.74. The molecule has 3 nitrogen and oxygen atoms in total. The average Bonchev–Trinajstić information content (AvgIpc) is 2.25. The number of aliphatic hydroxyl groups excluding tert-OH is 1. The van der Waals surface area contributed by atoms with Gasteiger partial charge in [-0.05, 0) is 46.7 Å². The predicted octanol–water partition coefficient (Wildman–Crippen LogP) is 1.56. The van der Waals surface area contributed by atoms with Crippen LogP contribution >= 0.6 is 0 Å². The largest absolute Gasteiger partial charge is 0.392 e. The zero-order valence-corrected chi connectivity index (χ0v) is 11.2. The third-order valence-electron chi connectivity index (χ3n) is 3.38. The van der Waals surface area contributed by atoms with Gasteiger partial charge < -0.3 is 10.0 Å². The van der Waals surface area contributed by atoms with Crippen LogP contribution in [-0.4, -0.2) is 59.8 Å². The third kappa shape index (κ3) is 5.28. The molecule has 1 fully saturated rings. The number of likely N-dealkylation sites (tertiary alicyclic amines) is 1. The van der Waals surface area contributed by atoms with Gasteiger partial charge in [-0.3, -0.25) is 4.90 Å². The molecular weight excluding hydrogens is 200 g/mol. The molecule has 0 aliphatic carbocycles. The molecule has 0 bridgehead atoms. The van der Waals surface area contributed by atoms with Crippen LogP contribution < -0.4 is 0 Å². The Labute approximate surface area is 100 Å². The molecule has 1 unspecified atom stereocenters. The molecule has 1 aliphatic rings. The summed E-state index contributed by atoms with van der Waals surface area (Å²) in [5.41, 5.74) is 0. The molecule has 0 spiro atoms. The molecular formula is C13H28N2O. The van der Waals surface area contributed by atoms with Gasteiger partial charge in [0.2, 0.25) is 0 Å². The first-order valence-electron chi connectivity index (χ1n) is 6.74. The van der Waals surface area contributed by atoms with Gasteiger partial charge in [0, 0.05) is 25.7 Å². The van der Waals surface area contributed by atoms with E-state index in [2.05, 4.69) is 23.6 Å². The molecule has 0 aromatic heterocycles. The third-order valence-corrected chi connectivity index (χ3v) is 3.38. The molecule has 0 saturated carbocycles. The number of hydrogen-bond acceptors (Lipinski definition) is 3. The van der Waals surface area contributed by atoms with Gasteiger partial charge in [-0.2, -0.15) is 0 Å². The minimum absolute atomic E-state index is 0.219. The van der Waals surface area contributed by atoms with Crippen LogP contribution in [0.4, 0.5) is 0 Å². The molecule has 1 heterocycles. The highest BCUT2D eigenvalue weighted by Gasteiger charge is 2.15. The van der Waals surface area contributed by atoms with Gasteiger partial charge in [0.05, 0.1) is 6.10 Å². The van der Waals surface area contributed by atoms with Crippen LogP contribution in [0.2, 0.25) is 0 Å². The molecule has 0 amide bonds. The van der Waals surface area contributed by atoms with Gasteiger partial charge in [-0.1, -0.05) is 6.42 Å². The van der Waals surface area contributed by atoms with Crippen LogP contribution in [0.3, 0.4) is 0 Å². The van der Waals surface area contributed by atoms with E-state index >= 15 is 0 Å². The maximum absolute atomic E-state index is 9.45. The number of aliphatic hydroxyl groups is 1. The Morgan fingerprint density at radius 1 is 1.12 bits per heavy atom. The van der Waals surface area contributed by atoms with Crippen molar-refractivity contribution < 1.29 is 5.11 Å². The summed E-state index contributed by atoms with van der Waals surface area (Å²) < 4.78 is 0. The minimum atomic E-state index is -0.219. The average molecular weight is 228 g/mol. The lowest BCUT2D eigenvalue weighted by Gasteiger charge is -2.32. The van der Waals surface area contributed by atoms with E-state index in [1.54, 1.807) is 0 Å². The normalized spacial score (nSPS) is 20.6. The summed E-state index contributed by atoms with van der Waals surface area (Å²) in [6.45, 7) is 11.9. The van der Waals surface area contributed by atoms with Gasteiger partial charge in [-0.25, -0.2) is 0 Å². The summed E-state index contributed by atoms with van der Waals surface area (Å²) in [5, 5.41) is 9.45. The lowest BCUT2D eigenvalue weighted by molar-refractivity contribution is 0.0940. The maximum Gasteiger partial charge on any atom is 0.0639 e. The molecule has 1 rings (SSSR count). The molecule has 1 atom stereocenters. The highest BCUT2D eigenvalue weighted by atomic mass is 16.3. The van der Waals surface area contributed by atoms with Crippen molar-refractivity contribution in [3.63, 3.8) is 0 Å². The maximum atomic E-state index is 9.45. The van der Waals surface area contributed by atoms with Crippen molar-refractivity contribution in [2.24, 2.45) is 0 Å². The highest BCUT2D eigenvalue weighted by molar-refractivity contribution is 4.70. The van der Waals surface area contributed by atoms with Gasteiger partial charge in [0.1, 0.15) is 0 Å². The van der Waals surface area contributed by atoms with Crippen molar-refractivity contribution in [1.82, 2.24) is 9.80 Å². The molecule has 1 saturated heterocycles. The number of nitrogens with zero attached hydrogens (tertiary/aromatic N) is 2. The Morgan fingerprint density at radius 3 is 2.25 bits per heavy atom. The fourth-order valence-electron chi connectivity index (χ4n) is 2.35. The lowest BCUT2D eigenvalue weighted by atomic mass is 10.1. The Morgan fingerprint density at radius 2 is 1.75 bits per heavy atom. The van der Waals surface area contributed by atoms with Crippen LogP contribution in [-0.2, 0) is 0 Å². The van der Waals surface area contributed by atoms with E-state index in [0.29, 0.717) is 6.04 Å². The summed E-state index contributed by atoms with van der Waals surface area (Å²) in [7, 11) is 0. The van der Waals surface area contributed by atoms with Crippen molar-refractivity contribution >= 4 is 0 Å². The topological polar surface area (TPSA) is 26.7 Å². The van der Waals surface area contributed by atoms with Crippen molar-refractivity contribution in [3.05, 3.63) is 0 Å². The van der Waals surface area contributed by atoms with E-state index < -0.39 is 0 Å². The molecule has 0 aromatic carbocycles. The Hall–Kier alpha value is -0.120. The smallest absolute Gasteiger partial charge is 0.0639 e. The first-order chi connectivity index (χ1) is 7.59. The summed E-state index contributed by atoms with van der Waals surface area (Å²) in [4.78, 5) is 4.93. The highest BCUT2D eigenvalue weighted by Crippen LogP contribution is 2.09. The quantitative estimate of drug-likeness (QED) is 0.747. The van der Waals surface area contributed by atoms with Crippen LogP contribution in [0.5, 0.6) is 0 Å². The molecule has 0 aromatic rings. The SMILES string of the molecule is CC(O)CN(CCN1CCCCC1)C(C)C. The second-order valence-corrected chi connectivity index (χ2v) is 5.34. The molecule has 1 aliphatic heterocycles. The molecule has 0 radical (unpaired) electrons. The van der Waals surface area contributed by atoms with E-state index in [4.69, 9.17) is 0 Å². The van der Waals surface area contributed by atoms with Crippen LogP contribution in [0, 0.1) is 0 Å². The summed E-state index contributed by atoms with van der Waals surface area (Å²) >= 11 is 0. The van der Waals surface area contributed by atoms with Gasteiger partial charge in [0.15, 0.2) is 0 Å². The van der Waals surface area contributed by atoms with Crippen molar-refractivity contribution in [2.45, 2.75) is 52.2 Å². The standard InChI is InChI=1S/C13H28N2O/c1-12(2)15(11-13(3)16)10-9-14-7-5-4-6-8-14/h12-13,16H,4-11H2,1-3H3. The summed E-state index contributed by atoms with van der Waals surface area (Å²) in [5.74, 6) is 0. The molecule has 96 valence electrons. The lowest BCUT2D eigenvalue weighted by Crippen LogP contribution is -2.43. The monoisotopic (exact) mass is 228 g/mol. The van der Waals surface area contributed by atoms with Crippen molar-refractivity contribution in [3.8, 4) is 0 Å². The van der Waals surface area contributed by atoms with E-state index in [9.17, 15) is 5.11 Å². The Kier molecular flexibility index (Phi) is 6.32. The molecule has 16 heavy (non-hydrogen) atoms. The second kappa shape index (κ2) is 7.25. The minimum Gasteiger partial charge on any atom is -0.392 e. The van der Waals surface area contributed by atoms with Crippen LogP contribution in [0.25, 0.3) is 0 Å². The predicted molar refractivity (Wildman–Crippen MR) is 68.7 cm³/mol. The van der Waals surface area contributed by atoms with Crippen LogP contribution in [0.1, 0.15) is 40.0 Å². The van der Waals surface area contributed by atoms with Gasteiger partial charge in [0.25, 0.3) is 0 Å². The fourth-order valence-corrected chi connectivity index (χ4v) is 2.35. The second-order valence-electron chi connectivity index (χ2n) is 5.34. The van der Waals surface area contributed by atoms with Crippen LogP contribution in [0.15, 0.2) is 0 Å².